The van der Waals surface area contributed by atoms with E-state index < -0.39 is 91.5 Å². The second-order valence-corrected chi connectivity index (χ2v) is 28.0. The maximum atomic E-state index is 12.9. The third kappa shape index (κ3) is 74.4. The van der Waals surface area contributed by atoms with Gasteiger partial charge in [0.25, 0.3) is 0 Å². The first-order chi connectivity index (χ1) is 48.2. The predicted octanol–water partition coefficient (Wildman–Crippen LogP) is 22.1. The van der Waals surface area contributed by atoms with Crippen molar-refractivity contribution in [3.8, 4) is 0 Å². The highest BCUT2D eigenvalue weighted by Crippen LogP contribution is 2.45. The Morgan fingerprint density at radius 3 is 0.909 bits per heavy atom. The van der Waals surface area contributed by atoms with Gasteiger partial charge in [0.2, 0.25) is 0 Å². The number of aliphatic hydroxyl groups is 2. The standard InChI is InChI=1S/C81H136O16P2/c1-4-7-10-13-16-19-22-25-27-29-31-33-34-35-36-37-38-39-40-42-44-45-47-50-52-55-58-61-64-67-79(84)91-70-76(82)71-93-98(87,88)94-72-77(83)73-95-99(89,90)96-75-78(97-81(86)69-66-63-60-57-54-49-24-21-18-15-12-9-6-3)74-92-80(85)68-65-62-59-56-53-51-48-46-43-41-32-30-28-26-23-20-17-14-11-8-5-2/h8,11-12,15-17,19-21,24-28,31-33,35-36,41,46,48,53,56,76-78,82-83H,4-7,9-10,13-14,18,22-23,29-30,34,37-40,42-45,47,49-52,54-55,57-75H2,1-3H3,(H,87,88)(H,89,90)/b11-8-,15-12-,19-16-,20-17-,24-21-,27-25-,28-26-,33-31-,36-35-,41-32-,48-46-,56-53-. The van der Waals surface area contributed by atoms with Gasteiger partial charge < -0.3 is 34.2 Å². The maximum Gasteiger partial charge on any atom is 0.472 e. The Morgan fingerprint density at radius 1 is 0.293 bits per heavy atom. The molecule has 99 heavy (non-hydrogen) atoms. The summed E-state index contributed by atoms with van der Waals surface area (Å²) in [7, 11) is -9.81. The zero-order chi connectivity index (χ0) is 72.3. The number of rotatable bonds is 71. The summed E-state index contributed by atoms with van der Waals surface area (Å²) in [6, 6.07) is 0. The first kappa shape index (κ1) is 94.4. The van der Waals surface area contributed by atoms with Gasteiger partial charge in [-0.05, 0) is 141 Å². The molecule has 0 saturated heterocycles. The van der Waals surface area contributed by atoms with Gasteiger partial charge in [-0.1, -0.05) is 276 Å². The molecule has 5 atom stereocenters. The Labute approximate surface area is 600 Å². The van der Waals surface area contributed by atoms with Gasteiger partial charge in [0.1, 0.15) is 25.4 Å². The molecule has 0 aromatic heterocycles. The van der Waals surface area contributed by atoms with E-state index in [1.54, 1.807) is 0 Å². The van der Waals surface area contributed by atoms with Crippen molar-refractivity contribution in [3.05, 3.63) is 146 Å². The number of hydrogen-bond acceptors (Lipinski definition) is 14. The number of hydrogen-bond donors (Lipinski definition) is 4. The summed E-state index contributed by atoms with van der Waals surface area (Å²) in [5, 5.41) is 20.6. The Kier molecular flexibility index (Phi) is 69.8. The lowest BCUT2D eigenvalue weighted by molar-refractivity contribution is -0.161. The van der Waals surface area contributed by atoms with Crippen molar-refractivity contribution in [1.29, 1.82) is 0 Å². The fraction of sp³-hybridized carbons (Fsp3) is 0.667. The number of phosphoric acid groups is 2. The van der Waals surface area contributed by atoms with E-state index in [0.29, 0.717) is 19.3 Å². The van der Waals surface area contributed by atoms with E-state index in [1.165, 1.54) is 83.5 Å². The van der Waals surface area contributed by atoms with Gasteiger partial charge >= 0.3 is 33.6 Å². The molecule has 0 fully saturated rings. The number of esters is 3. The molecule has 0 aromatic carbocycles. The molecule has 0 heterocycles. The summed E-state index contributed by atoms with van der Waals surface area (Å²) in [6.45, 7) is 2.39. The van der Waals surface area contributed by atoms with Gasteiger partial charge in [0, 0.05) is 19.3 Å². The molecule has 0 aliphatic carbocycles. The first-order valence-electron chi connectivity index (χ1n) is 38.1. The van der Waals surface area contributed by atoms with Crippen LogP contribution in [0.25, 0.3) is 0 Å². The molecule has 0 spiro atoms. The predicted molar refractivity (Wildman–Crippen MR) is 408 cm³/mol. The van der Waals surface area contributed by atoms with Crippen LogP contribution in [-0.4, -0.2) is 95.9 Å². The first-order valence-corrected chi connectivity index (χ1v) is 41.1. The number of unbranched alkanes of at least 4 members (excludes halogenated alkanes) is 24. The molecule has 0 saturated carbocycles. The third-order valence-corrected chi connectivity index (χ3v) is 17.4. The van der Waals surface area contributed by atoms with E-state index in [9.17, 15) is 43.5 Å². The van der Waals surface area contributed by atoms with E-state index in [0.717, 1.165) is 148 Å². The number of carbonyl (C=O) groups excluding carboxylic acids is 3. The lowest BCUT2D eigenvalue weighted by atomic mass is 10.0. The Balaban J connectivity index is 4.54. The average molecular weight is 1430 g/mol. The Hall–Kier alpha value is -4.57. The van der Waals surface area contributed by atoms with Crippen LogP contribution in [0.1, 0.15) is 290 Å². The van der Waals surface area contributed by atoms with Gasteiger partial charge in [-0.15, -0.1) is 0 Å². The van der Waals surface area contributed by atoms with Gasteiger partial charge in [-0.2, -0.15) is 0 Å². The van der Waals surface area contributed by atoms with Crippen molar-refractivity contribution >= 4 is 33.6 Å². The molecule has 0 bridgehead atoms. The van der Waals surface area contributed by atoms with Gasteiger partial charge in [0.05, 0.1) is 26.4 Å². The molecule has 18 heteroatoms. The topological polar surface area (TPSA) is 231 Å². The fourth-order valence-electron chi connectivity index (χ4n) is 9.71. The molecule has 0 amide bonds. The molecule has 0 aliphatic rings. The van der Waals surface area contributed by atoms with Crippen LogP contribution in [0.3, 0.4) is 0 Å². The van der Waals surface area contributed by atoms with Crippen LogP contribution < -0.4 is 0 Å². The molecular weight excluding hydrogens is 1290 g/mol. The van der Waals surface area contributed by atoms with Crippen LogP contribution in [0.2, 0.25) is 0 Å². The molecule has 5 unspecified atom stereocenters. The summed E-state index contributed by atoms with van der Waals surface area (Å²) >= 11 is 0. The molecule has 0 aliphatic heterocycles. The van der Waals surface area contributed by atoms with Crippen LogP contribution in [0.5, 0.6) is 0 Å². The second-order valence-electron chi connectivity index (χ2n) is 25.1. The van der Waals surface area contributed by atoms with Gasteiger partial charge in [-0.3, -0.25) is 32.5 Å². The summed E-state index contributed by atoms with van der Waals surface area (Å²) < 4.78 is 61.0. The van der Waals surface area contributed by atoms with Gasteiger partial charge in [-0.25, -0.2) is 9.13 Å². The lowest BCUT2D eigenvalue weighted by Crippen LogP contribution is -2.30. The molecular formula is C81H136O16P2. The highest BCUT2D eigenvalue weighted by Gasteiger charge is 2.29. The number of carbonyl (C=O) groups is 3. The van der Waals surface area contributed by atoms with Crippen molar-refractivity contribution < 1.29 is 75.8 Å². The van der Waals surface area contributed by atoms with E-state index in [4.69, 9.17) is 32.3 Å². The van der Waals surface area contributed by atoms with Gasteiger partial charge in [0.15, 0.2) is 6.10 Å². The van der Waals surface area contributed by atoms with Crippen LogP contribution in [0, 0.1) is 0 Å². The average Bonchev–Trinajstić information content (AvgIpc) is 1.05. The van der Waals surface area contributed by atoms with Crippen LogP contribution in [0.4, 0.5) is 0 Å². The summed E-state index contributed by atoms with van der Waals surface area (Å²) in [4.78, 5) is 58.5. The SMILES string of the molecule is CC/C=C\C/C=C\C/C=C\C/C=C\C/C=C\C/C=C\CCCCC(=O)OCC(COP(=O)(O)OCC(O)COP(=O)(O)OCC(O)COC(=O)CCCCCCCCCCCCCCC/C=C\C/C=C\C/C=C\C/C=C\CCCCC)OC(=O)CCCCCCC/C=C\C/C=C\CCC. The normalized spacial score (nSPS) is 14.9. The summed E-state index contributed by atoms with van der Waals surface area (Å²) in [5.41, 5.74) is 0. The minimum absolute atomic E-state index is 0.0740. The Morgan fingerprint density at radius 2 is 0.556 bits per heavy atom. The maximum absolute atomic E-state index is 12.9. The van der Waals surface area contributed by atoms with E-state index in [-0.39, 0.29) is 19.3 Å². The highest BCUT2D eigenvalue weighted by molar-refractivity contribution is 7.47. The third-order valence-electron chi connectivity index (χ3n) is 15.5. The summed E-state index contributed by atoms with van der Waals surface area (Å²) in [5.74, 6) is -1.65. The molecule has 0 radical (unpaired) electrons. The van der Waals surface area contributed by atoms with E-state index in [1.807, 2.05) is 0 Å². The summed E-state index contributed by atoms with van der Waals surface area (Å²) in [6.07, 6.45) is 89.1. The van der Waals surface area contributed by atoms with Crippen LogP contribution in [0.15, 0.2) is 146 Å². The van der Waals surface area contributed by atoms with Crippen molar-refractivity contribution in [1.82, 2.24) is 0 Å². The zero-order valence-electron chi connectivity index (χ0n) is 61.6. The van der Waals surface area contributed by atoms with Crippen LogP contribution >= 0.6 is 15.6 Å². The second kappa shape index (κ2) is 73.2. The molecule has 0 rings (SSSR count). The largest absolute Gasteiger partial charge is 0.472 e. The quantitative estimate of drug-likeness (QED) is 0.0146. The molecule has 566 valence electrons. The smallest absolute Gasteiger partial charge is 0.463 e. The molecule has 16 nitrogen and oxygen atoms in total. The fourth-order valence-corrected chi connectivity index (χ4v) is 11.3. The zero-order valence-corrected chi connectivity index (χ0v) is 63.4. The van der Waals surface area contributed by atoms with E-state index >= 15 is 0 Å². The van der Waals surface area contributed by atoms with Crippen molar-refractivity contribution in [2.45, 2.75) is 309 Å². The van der Waals surface area contributed by atoms with Crippen molar-refractivity contribution in [2.24, 2.45) is 0 Å². The highest BCUT2D eigenvalue weighted by atomic mass is 31.2. The van der Waals surface area contributed by atoms with Crippen molar-refractivity contribution in [2.75, 3.05) is 39.6 Å². The molecule has 4 N–H and O–H groups in total. The monoisotopic (exact) mass is 1430 g/mol. The molecule has 0 aromatic rings. The number of phosphoric ester groups is 2. The van der Waals surface area contributed by atoms with Crippen molar-refractivity contribution in [3.63, 3.8) is 0 Å². The Bertz CT molecular complexity index is 2380. The number of allylic oxidation sites excluding steroid dienone is 24. The minimum Gasteiger partial charge on any atom is -0.463 e. The minimum atomic E-state index is -4.94. The number of ether oxygens (including phenoxy) is 3. The lowest BCUT2D eigenvalue weighted by Gasteiger charge is -2.21. The van der Waals surface area contributed by atoms with Crippen LogP contribution in [-0.2, 0) is 55.8 Å². The number of aliphatic hydroxyl groups excluding tert-OH is 2. The van der Waals surface area contributed by atoms with E-state index in [2.05, 4.69) is 167 Å².